The van der Waals surface area contributed by atoms with E-state index in [1.54, 1.807) is 0 Å². The van der Waals surface area contributed by atoms with Crippen molar-refractivity contribution in [2.75, 3.05) is 0 Å². The molecule has 3 aliphatic rings. The number of carbonyl (C=O) groups is 1. The van der Waals surface area contributed by atoms with E-state index in [2.05, 4.69) is 12.2 Å². The Morgan fingerprint density at radius 1 is 1.57 bits per heavy atom. The minimum Gasteiger partial charge on any atom is -0.480 e. The lowest BCUT2D eigenvalue weighted by molar-refractivity contribution is -0.138. The van der Waals surface area contributed by atoms with Gasteiger partial charge in [-0.15, -0.1) is 0 Å². The number of nitrogens with two attached hydrogens (primary N) is 1. The zero-order valence-electron chi connectivity index (χ0n) is 8.02. The molecule has 0 saturated heterocycles. The average Bonchev–Trinajstić information content (AvgIpc) is 2.34. The van der Waals surface area contributed by atoms with Crippen LogP contribution in [0.4, 0.5) is 0 Å². The Balaban J connectivity index is 2.00. The molecule has 76 valence electrons. The fraction of sp³-hybridized carbons (Fsp3) is 0.545. The second kappa shape index (κ2) is 3.58. The summed E-state index contributed by atoms with van der Waals surface area (Å²) in [5, 5.41) is 8.68. The molecule has 0 radical (unpaired) electrons. The van der Waals surface area contributed by atoms with Gasteiger partial charge in [0.05, 0.1) is 0 Å². The third-order valence-electron chi connectivity index (χ3n) is 3.02. The maximum atomic E-state index is 10.6. The van der Waals surface area contributed by atoms with E-state index >= 15 is 0 Å². The van der Waals surface area contributed by atoms with Crippen molar-refractivity contribution in [2.45, 2.75) is 25.3 Å². The van der Waals surface area contributed by atoms with Gasteiger partial charge in [0.2, 0.25) is 0 Å². The third kappa shape index (κ3) is 1.87. The SMILES string of the molecule is NC(CC1=CC2CC(C=C1)C2)C(=O)O. The molecule has 1 unspecified atom stereocenters. The molecule has 0 aromatic heterocycles. The predicted molar refractivity (Wildman–Crippen MR) is 53.7 cm³/mol. The molecule has 0 heterocycles. The van der Waals surface area contributed by atoms with Gasteiger partial charge in [-0.3, -0.25) is 4.79 Å². The lowest BCUT2D eigenvalue weighted by Gasteiger charge is -2.29. The predicted octanol–water partition coefficient (Wildman–Crippen LogP) is 1.31. The Morgan fingerprint density at radius 2 is 2.29 bits per heavy atom. The Morgan fingerprint density at radius 3 is 2.93 bits per heavy atom. The van der Waals surface area contributed by atoms with E-state index in [0.29, 0.717) is 12.3 Å². The van der Waals surface area contributed by atoms with Gasteiger partial charge in [-0.2, -0.15) is 0 Å². The summed E-state index contributed by atoms with van der Waals surface area (Å²) in [5.41, 5.74) is 6.57. The maximum absolute atomic E-state index is 10.6. The van der Waals surface area contributed by atoms with Gasteiger partial charge < -0.3 is 10.8 Å². The first kappa shape index (κ1) is 9.46. The highest BCUT2D eigenvalue weighted by atomic mass is 16.4. The number of rotatable bonds is 3. The molecule has 0 amide bonds. The number of carboxylic acid groups (broad SMARTS) is 1. The lowest BCUT2D eigenvalue weighted by Crippen LogP contribution is -2.30. The molecule has 0 aromatic rings. The molecule has 3 nitrogen and oxygen atoms in total. The second-order valence-electron chi connectivity index (χ2n) is 4.24. The van der Waals surface area contributed by atoms with Crippen LogP contribution in [0, 0.1) is 11.8 Å². The topological polar surface area (TPSA) is 63.3 Å². The molecule has 3 heteroatoms. The van der Waals surface area contributed by atoms with Gasteiger partial charge in [-0.05, 0) is 36.7 Å². The summed E-state index contributed by atoms with van der Waals surface area (Å²) in [4.78, 5) is 10.6. The van der Waals surface area contributed by atoms with Gasteiger partial charge in [0.1, 0.15) is 6.04 Å². The van der Waals surface area contributed by atoms with Crippen LogP contribution in [-0.4, -0.2) is 17.1 Å². The Bertz CT molecular complexity index is 300. The summed E-state index contributed by atoms with van der Waals surface area (Å²) in [6, 6.07) is -0.763. The summed E-state index contributed by atoms with van der Waals surface area (Å²) in [6.45, 7) is 0. The van der Waals surface area contributed by atoms with Gasteiger partial charge in [0.15, 0.2) is 0 Å². The van der Waals surface area contributed by atoms with Crippen molar-refractivity contribution in [1.82, 2.24) is 0 Å². The van der Waals surface area contributed by atoms with Crippen LogP contribution in [0.25, 0.3) is 0 Å². The molecule has 0 spiro atoms. The van der Waals surface area contributed by atoms with Crippen molar-refractivity contribution in [3.8, 4) is 0 Å². The molecule has 1 fully saturated rings. The van der Waals surface area contributed by atoms with E-state index in [9.17, 15) is 4.79 Å². The molecule has 3 rings (SSSR count). The molecular formula is C11H15NO2. The molecule has 0 aromatic carbocycles. The molecule has 1 saturated carbocycles. The normalized spacial score (nSPS) is 31.4. The van der Waals surface area contributed by atoms with E-state index < -0.39 is 12.0 Å². The van der Waals surface area contributed by atoms with Gasteiger partial charge >= 0.3 is 5.97 Å². The number of hydrogen-bond acceptors (Lipinski definition) is 2. The zero-order valence-corrected chi connectivity index (χ0v) is 8.02. The summed E-state index contributed by atoms with van der Waals surface area (Å²) in [6.07, 6.45) is 9.31. The van der Waals surface area contributed by atoms with Crippen molar-refractivity contribution in [2.24, 2.45) is 17.6 Å². The van der Waals surface area contributed by atoms with Crippen LogP contribution in [0.1, 0.15) is 19.3 Å². The van der Waals surface area contributed by atoms with Gasteiger partial charge in [-0.25, -0.2) is 0 Å². The Hall–Kier alpha value is -1.09. The summed E-state index contributed by atoms with van der Waals surface area (Å²) in [5.74, 6) is 0.455. The summed E-state index contributed by atoms with van der Waals surface area (Å²) < 4.78 is 0. The minimum absolute atomic E-state index is 0.453. The van der Waals surface area contributed by atoms with Crippen LogP contribution >= 0.6 is 0 Å². The van der Waals surface area contributed by atoms with Gasteiger partial charge in [-0.1, -0.05) is 18.2 Å². The number of hydrogen-bond donors (Lipinski definition) is 2. The molecule has 2 bridgehead atoms. The maximum Gasteiger partial charge on any atom is 0.320 e. The van der Waals surface area contributed by atoms with Crippen molar-refractivity contribution >= 4 is 5.97 Å². The van der Waals surface area contributed by atoms with Crippen molar-refractivity contribution in [3.05, 3.63) is 23.8 Å². The van der Waals surface area contributed by atoms with Crippen LogP contribution in [-0.2, 0) is 4.79 Å². The highest BCUT2D eigenvalue weighted by Gasteiger charge is 2.28. The standard InChI is InChI=1S/C11H15NO2/c12-10(11(13)14)6-8-2-1-7-3-9(4-7)5-8/h1-2,5,7,9-10H,3-4,6,12H2,(H,13,14). The number of carboxylic acids is 1. The van der Waals surface area contributed by atoms with Crippen LogP contribution < -0.4 is 5.73 Å². The zero-order chi connectivity index (χ0) is 10.1. The average molecular weight is 193 g/mol. The van der Waals surface area contributed by atoms with Crippen LogP contribution in [0.2, 0.25) is 0 Å². The van der Waals surface area contributed by atoms with Crippen molar-refractivity contribution in [3.63, 3.8) is 0 Å². The molecular weight excluding hydrogens is 178 g/mol. The van der Waals surface area contributed by atoms with E-state index in [1.165, 1.54) is 12.8 Å². The molecule has 1 atom stereocenters. The number of allylic oxidation sites excluding steroid dienone is 3. The van der Waals surface area contributed by atoms with Gasteiger partial charge in [0.25, 0.3) is 0 Å². The first-order chi connectivity index (χ1) is 6.65. The highest BCUT2D eigenvalue weighted by molar-refractivity contribution is 5.73. The van der Waals surface area contributed by atoms with E-state index in [1.807, 2.05) is 6.08 Å². The monoisotopic (exact) mass is 193 g/mol. The lowest BCUT2D eigenvalue weighted by atomic mass is 9.76. The number of aliphatic carboxylic acids is 1. The van der Waals surface area contributed by atoms with E-state index in [-0.39, 0.29) is 0 Å². The van der Waals surface area contributed by atoms with Crippen LogP contribution in [0.3, 0.4) is 0 Å². The quantitative estimate of drug-likeness (QED) is 0.710. The molecule has 0 aliphatic heterocycles. The molecule has 3 N–H and O–H groups in total. The smallest absolute Gasteiger partial charge is 0.320 e. The van der Waals surface area contributed by atoms with Crippen LogP contribution in [0.15, 0.2) is 23.8 Å². The second-order valence-corrected chi connectivity index (χ2v) is 4.24. The van der Waals surface area contributed by atoms with E-state index in [0.717, 1.165) is 11.5 Å². The van der Waals surface area contributed by atoms with E-state index in [4.69, 9.17) is 10.8 Å². The van der Waals surface area contributed by atoms with Crippen molar-refractivity contribution < 1.29 is 9.90 Å². The Kier molecular flexibility index (Phi) is 2.42. The summed E-state index contributed by atoms with van der Waals surface area (Å²) >= 11 is 0. The van der Waals surface area contributed by atoms with Crippen LogP contribution in [0.5, 0.6) is 0 Å². The molecule has 14 heavy (non-hydrogen) atoms. The van der Waals surface area contributed by atoms with Crippen molar-refractivity contribution in [1.29, 1.82) is 0 Å². The highest BCUT2D eigenvalue weighted by Crippen LogP contribution is 2.39. The first-order valence-corrected chi connectivity index (χ1v) is 5.02. The third-order valence-corrected chi connectivity index (χ3v) is 3.02. The fourth-order valence-corrected chi connectivity index (χ4v) is 2.10. The Labute approximate surface area is 83.3 Å². The molecule has 3 aliphatic carbocycles. The minimum atomic E-state index is -0.920. The van der Waals surface area contributed by atoms with Gasteiger partial charge in [0, 0.05) is 0 Å². The number of fused-ring (bicyclic) bond motifs is 1. The first-order valence-electron chi connectivity index (χ1n) is 5.02. The summed E-state index contributed by atoms with van der Waals surface area (Å²) in [7, 11) is 0. The largest absolute Gasteiger partial charge is 0.480 e. The fourth-order valence-electron chi connectivity index (χ4n) is 2.10.